The van der Waals surface area contributed by atoms with Gasteiger partial charge >= 0.3 is 5.76 Å². The lowest BCUT2D eigenvalue weighted by atomic mass is 10.6. The number of hydrogen-bond acceptors (Lipinski definition) is 5. The molecular weight excluding hydrogens is 136 g/mol. The van der Waals surface area contributed by atoms with Gasteiger partial charge in [-0.15, -0.1) is 0 Å². The monoisotopic (exact) mass is 138 g/mol. The van der Waals surface area contributed by atoms with Gasteiger partial charge in [0.15, 0.2) is 11.2 Å². The summed E-state index contributed by atoms with van der Waals surface area (Å²) in [5.41, 5.74) is 0.788. The van der Waals surface area contributed by atoms with Crippen molar-refractivity contribution in [1.82, 2.24) is 20.3 Å². The van der Waals surface area contributed by atoms with Crippen LogP contribution >= 0.6 is 0 Å². The molecule has 0 radical (unpaired) electrons. The third-order valence-electron chi connectivity index (χ3n) is 1.03. The first kappa shape index (κ1) is 5.10. The minimum atomic E-state index is -0.725. The molecule has 0 unspecified atom stereocenters. The van der Waals surface area contributed by atoms with Crippen LogP contribution in [0.2, 0.25) is 0 Å². The quantitative estimate of drug-likeness (QED) is 0.520. The third kappa shape index (κ3) is 0.586. The second-order valence-electron chi connectivity index (χ2n) is 1.66. The molecule has 0 amide bonds. The van der Waals surface area contributed by atoms with E-state index < -0.39 is 5.76 Å². The van der Waals surface area contributed by atoms with Gasteiger partial charge in [-0.05, 0) is 0 Å². The third-order valence-corrected chi connectivity index (χ3v) is 1.03. The van der Waals surface area contributed by atoms with Crippen molar-refractivity contribution >= 4 is 11.2 Å². The van der Waals surface area contributed by atoms with E-state index in [0.717, 1.165) is 0 Å². The van der Waals surface area contributed by atoms with E-state index >= 15 is 0 Å². The fraction of sp³-hybridized carbons (Fsp3) is 0. The van der Waals surface area contributed by atoms with Crippen molar-refractivity contribution in [3.63, 3.8) is 0 Å². The van der Waals surface area contributed by atoms with Gasteiger partial charge in [0.25, 0.3) is 0 Å². The van der Waals surface area contributed by atoms with E-state index in [-0.39, 0.29) is 0 Å². The molecule has 0 aliphatic heterocycles. The Morgan fingerprint density at radius 2 is 2.50 bits per heavy atom. The molecule has 2 rings (SSSR count). The minimum absolute atomic E-state index is 0.344. The average Bonchev–Trinajstić information content (AvgIpc) is 2.33. The van der Waals surface area contributed by atoms with Gasteiger partial charge in [0.05, 0.1) is 6.20 Å². The molecule has 50 valence electrons. The van der Waals surface area contributed by atoms with Crippen LogP contribution < -0.4 is 5.76 Å². The van der Waals surface area contributed by atoms with E-state index in [0.29, 0.717) is 11.2 Å². The van der Waals surface area contributed by atoms with Crippen LogP contribution in [0.15, 0.2) is 15.5 Å². The molecular formula is C4H2N4O2. The fourth-order valence-corrected chi connectivity index (χ4v) is 0.622. The van der Waals surface area contributed by atoms with Crippen molar-refractivity contribution in [2.24, 2.45) is 0 Å². The molecule has 0 spiro atoms. The van der Waals surface area contributed by atoms with Crippen LogP contribution in [0.4, 0.5) is 0 Å². The van der Waals surface area contributed by atoms with Gasteiger partial charge < -0.3 is 0 Å². The van der Waals surface area contributed by atoms with Crippen LogP contribution in [0.3, 0.4) is 0 Å². The van der Waals surface area contributed by atoms with Crippen molar-refractivity contribution in [2.75, 3.05) is 0 Å². The molecule has 0 fully saturated rings. The number of aromatic amines is 1. The fourth-order valence-electron chi connectivity index (χ4n) is 0.622. The summed E-state index contributed by atoms with van der Waals surface area (Å²) in [4.78, 5) is 13.8. The van der Waals surface area contributed by atoms with Gasteiger partial charge in [-0.25, -0.2) is 4.79 Å². The van der Waals surface area contributed by atoms with Gasteiger partial charge in [0.1, 0.15) is 0 Å². The van der Waals surface area contributed by atoms with Gasteiger partial charge in [-0.3, -0.25) is 9.62 Å². The van der Waals surface area contributed by atoms with E-state index in [1.54, 1.807) is 0 Å². The predicted octanol–water partition coefficient (Wildman–Crippen LogP) is -0.694. The summed E-state index contributed by atoms with van der Waals surface area (Å²) < 4.78 is 4.22. The molecule has 0 aliphatic carbocycles. The van der Waals surface area contributed by atoms with Crippen LogP contribution in [0, 0.1) is 0 Å². The summed E-state index contributed by atoms with van der Waals surface area (Å²) in [7, 11) is 0. The lowest BCUT2D eigenvalue weighted by molar-refractivity contribution is 0.364. The zero-order chi connectivity index (χ0) is 6.97. The standard InChI is InChI=1S/C4H2N4O2/c9-4-6-3-2(8-10-4)1-5-7-3/h1H,(H,6,7,9). The molecule has 1 N–H and O–H groups in total. The summed E-state index contributed by atoms with van der Waals surface area (Å²) in [5.74, 6) is -0.725. The first-order valence-corrected chi connectivity index (χ1v) is 2.53. The number of nitrogens with one attached hydrogen (secondary N) is 1. The summed E-state index contributed by atoms with van der Waals surface area (Å²) in [5, 5.41) is 9.47. The predicted molar refractivity (Wildman–Crippen MR) is 30.2 cm³/mol. The zero-order valence-electron chi connectivity index (χ0n) is 4.74. The summed E-state index contributed by atoms with van der Waals surface area (Å²) >= 11 is 0. The highest BCUT2D eigenvalue weighted by atomic mass is 16.5. The van der Waals surface area contributed by atoms with Crippen molar-refractivity contribution in [2.45, 2.75) is 0 Å². The minimum Gasteiger partial charge on any atom is -0.296 e. The maximum absolute atomic E-state index is 10.4. The smallest absolute Gasteiger partial charge is 0.296 e. The van der Waals surface area contributed by atoms with Crippen LogP contribution in [-0.2, 0) is 0 Å². The Labute approximate surface area is 53.9 Å². The first-order chi connectivity index (χ1) is 4.86. The topological polar surface area (TPSA) is 84.7 Å². The molecule has 2 heterocycles. The summed E-state index contributed by atoms with van der Waals surface area (Å²) in [6.07, 6.45) is 1.42. The highest BCUT2D eigenvalue weighted by molar-refractivity contribution is 5.66. The van der Waals surface area contributed by atoms with Crippen molar-refractivity contribution in [3.05, 3.63) is 16.7 Å². The molecule has 6 nitrogen and oxygen atoms in total. The van der Waals surface area contributed by atoms with Crippen LogP contribution in [0.1, 0.15) is 0 Å². The molecule has 0 saturated carbocycles. The van der Waals surface area contributed by atoms with Crippen molar-refractivity contribution in [1.29, 1.82) is 0 Å². The first-order valence-electron chi connectivity index (χ1n) is 2.53. The second kappa shape index (κ2) is 1.63. The largest absolute Gasteiger partial charge is 0.461 e. The Bertz CT molecular complexity index is 403. The Kier molecular flexibility index (Phi) is 0.830. The van der Waals surface area contributed by atoms with Crippen LogP contribution in [-0.4, -0.2) is 20.3 Å². The van der Waals surface area contributed by atoms with E-state index in [1.165, 1.54) is 6.20 Å². The molecule has 10 heavy (non-hydrogen) atoms. The lowest BCUT2D eigenvalue weighted by Crippen LogP contribution is -2.03. The lowest BCUT2D eigenvalue weighted by Gasteiger charge is -1.78. The molecule has 2 aromatic rings. The Morgan fingerprint density at radius 1 is 1.60 bits per heavy atom. The summed E-state index contributed by atoms with van der Waals surface area (Å²) in [6.45, 7) is 0. The number of fused-ring (bicyclic) bond motifs is 1. The van der Waals surface area contributed by atoms with Crippen LogP contribution in [0.5, 0.6) is 0 Å². The maximum Gasteiger partial charge on any atom is 0.461 e. The van der Waals surface area contributed by atoms with Crippen LogP contribution in [0.25, 0.3) is 11.2 Å². The molecule has 0 aromatic carbocycles. The second-order valence-corrected chi connectivity index (χ2v) is 1.66. The number of rotatable bonds is 0. The zero-order valence-corrected chi connectivity index (χ0v) is 4.74. The number of aromatic nitrogens is 4. The number of hydrogen-bond donors (Lipinski definition) is 1. The van der Waals surface area contributed by atoms with Gasteiger partial charge in [0, 0.05) is 0 Å². The molecule has 0 aliphatic rings. The van der Waals surface area contributed by atoms with Gasteiger partial charge in [-0.2, -0.15) is 10.1 Å². The Hall–Kier alpha value is -1.72. The number of H-pyrrole nitrogens is 1. The Morgan fingerprint density at radius 3 is 3.40 bits per heavy atom. The maximum atomic E-state index is 10.4. The molecule has 2 aromatic heterocycles. The molecule has 0 saturated heterocycles. The average molecular weight is 138 g/mol. The van der Waals surface area contributed by atoms with Crippen molar-refractivity contribution < 1.29 is 4.52 Å². The van der Waals surface area contributed by atoms with E-state index in [2.05, 4.69) is 24.9 Å². The normalized spacial score (nSPS) is 10.4. The van der Waals surface area contributed by atoms with E-state index in [4.69, 9.17) is 0 Å². The van der Waals surface area contributed by atoms with E-state index in [1.807, 2.05) is 0 Å². The molecule has 6 heteroatoms. The van der Waals surface area contributed by atoms with Gasteiger partial charge in [-0.1, -0.05) is 5.16 Å². The highest BCUT2D eigenvalue weighted by Gasteiger charge is 1.98. The Balaban J connectivity index is 2.99. The highest BCUT2D eigenvalue weighted by Crippen LogP contribution is 1.96. The van der Waals surface area contributed by atoms with Crippen molar-refractivity contribution in [3.8, 4) is 0 Å². The summed E-state index contributed by atoms with van der Waals surface area (Å²) in [6, 6.07) is 0. The van der Waals surface area contributed by atoms with Gasteiger partial charge in [0.2, 0.25) is 0 Å². The number of nitrogens with zero attached hydrogens (tertiary/aromatic N) is 3. The molecule has 0 atom stereocenters. The molecule has 0 bridgehead atoms. The SMILES string of the molecule is O=c1nc2[nH]ncc2no1. The van der Waals surface area contributed by atoms with E-state index in [9.17, 15) is 4.79 Å².